The molecule has 0 aliphatic heterocycles. The maximum atomic E-state index is 4.86. The van der Waals surface area contributed by atoms with E-state index in [0.29, 0.717) is 16.6 Å². The van der Waals surface area contributed by atoms with Gasteiger partial charge in [-0.1, -0.05) is 69.6 Å². The number of hydrogen-bond donors (Lipinski definition) is 0. The molecule has 0 bridgehead atoms. The van der Waals surface area contributed by atoms with Gasteiger partial charge < -0.3 is 4.23 Å². The van der Waals surface area contributed by atoms with E-state index < -0.39 is 8.24 Å². The van der Waals surface area contributed by atoms with Crippen LogP contribution < -0.4 is 0 Å². The number of rotatable bonds is 6. The predicted molar refractivity (Wildman–Crippen MR) is 123 cm³/mol. The van der Waals surface area contributed by atoms with Crippen LogP contribution in [0.15, 0.2) is 53.3 Å². The van der Waals surface area contributed by atoms with Gasteiger partial charge in [0.2, 0.25) is 0 Å². The maximum absolute atomic E-state index is 4.86. The summed E-state index contributed by atoms with van der Waals surface area (Å²) in [5.74, 6) is 0. The maximum Gasteiger partial charge on any atom is 0.171 e. The average Bonchev–Trinajstić information content (AvgIpc) is 2.96. The Labute approximate surface area is 173 Å². The van der Waals surface area contributed by atoms with Crippen molar-refractivity contribution in [2.75, 3.05) is 0 Å². The van der Waals surface area contributed by atoms with E-state index in [1.165, 1.54) is 22.2 Å². The Morgan fingerprint density at radius 1 is 0.926 bits per heavy atom. The van der Waals surface area contributed by atoms with Gasteiger partial charge in [-0.2, -0.15) is 0 Å². The number of aromatic nitrogens is 2. The first-order valence-corrected chi connectivity index (χ1v) is 13.0. The summed E-state index contributed by atoms with van der Waals surface area (Å²) < 4.78 is 3.76. The first kappa shape index (κ1) is 20.3. The molecule has 3 aromatic rings. The van der Waals surface area contributed by atoms with Crippen LogP contribution in [0.4, 0.5) is 0 Å². The molecule has 2 heterocycles. The summed E-state index contributed by atoms with van der Waals surface area (Å²) in [5, 5.41) is 1.30. The highest BCUT2D eigenvalue weighted by molar-refractivity contribution is 9.10. The first-order chi connectivity index (χ1) is 12.8. The molecule has 2 nitrogen and oxygen atoms in total. The minimum Gasteiger partial charge on any atom is -0.358 e. The lowest BCUT2D eigenvalue weighted by Gasteiger charge is -2.44. The predicted octanol–water partition coefficient (Wildman–Crippen LogP) is 7.41. The highest BCUT2D eigenvalue weighted by Gasteiger charge is 2.46. The van der Waals surface area contributed by atoms with Crippen molar-refractivity contribution in [1.29, 1.82) is 0 Å². The van der Waals surface area contributed by atoms with E-state index in [1.54, 1.807) is 0 Å². The molecule has 3 rings (SSSR count). The molecule has 0 saturated carbocycles. The van der Waals surface area contributed by atoms with Crippen LogP contribution in [0.1, 0.15) is 52.7 Å². The molecule has 27 heavy (non-hydrogen) atoms. The summed E-state index contributed by atoms with van der Waals surface area (Å²) in [7, 11) is -1.83. The van der Waals surface area contributed by atoms with Crippen molar-refractivity contribution in [2.24, 2.45) is 0 Å². The van der Waals surface area contributed by atoms with Gasteiger partial charge in [-0.05, 0) is 58.4 Å². The molecular formula is C23H31BrN2Si. The van der Waals surface area contributed by atoms with Gasteiger partial charge in [-0.25, -0.2) is 4.98 Å². The van der Waals surface area contributed by atoms with Crippen molar-refractivity contribution in [3.63, 3.8) is 0 Å². The lowest BCUT2D eigenvalue weighted by atomic mass is 10.1. The second-order valence-electron chi connectivity index (χ2n) is 8.55. The number of halogens is 1. The summed E-state index contributed by atoms with van der Waals surface area (Å²) in [4.78, 5) is 4.86. The summed E-state index contributed by atoms with van der Waals surface area (Å²) >= 11 is 3.54. The molecule has 0 atom stereocenters. The van der Waals surface area contributed by atoms with Crippen LogP contribution in [0.3, 0.4) is 0 Å². The van der Waals surface area contributed by atoms with Crippen LogP contribution in [-0.2, 0) is 6.42 Å². The molecule has 0 unspecified atom stereocenters. The third-order valence-corrected chi connectivity index (χ3v) is 13.4. The Morgan fingerprint density at radius 3 is 2.07 bits per heavy atom. The van der Waals surface area contributed by atoms with Crippen molar-refractivity contribution in [2.45, 2.75) is 64.6 Å². The van der Waals surface area contributed by atoms with Gasteiger partial charge in [-0.15, -0.1) is 0 Å². The molecule has 0 aliphatic rings. The zero-order valence-corrected chi connectivity index (χ0v) is 19.9. The summed E-state index contributed by atoms with van der Waals surface area (Å²) in [6.07, 6.45) is 5.33. The quantitative estimate of drug-likeness (QED) is 0.363. The van der Waals surface area contributed by atoms with Crippen LogP contribution in [0.2, 0.25) is 16.6 Å². The Morgan fingerprint density at radius 2 is 1.52 bits per heavy atom. The zero-order chi connectivity index (χ0) is 19.8. The standard InChI is InChI=1S/C23H31BrN2Si/c1-16(2)27(17(3)4,18(5)6)26-15-20(22-8-7-13-25-23(22)26)14-19-9-11-21(24)12-10-19/h7-13,15-18H,14H2,1-6H3. The fraction of sp³-hybridized carbons (Fsp3) is 0.435. The fourth-order valence-corrected chi connectivity index (χ4v) is 12.1. The normalized spacial score (nSPS) is 12.7. The molecule has 2 aromatic heterocycles. The van der Waals surface area contributed by atoms with E-state index in [9.17, 15) is 0 Å². The van der Waals surface area contributed by atoms with Crippen LogP contribution in [0.5, 0.6) is 0 Å². The minimum absolute atomic E-state index is 0.649. The van der Waals surface area contributed by atoms with E-state index in [2.05, 4.69) is 104 Å². The number of pyridine rings is 1. The third kappa shape index (κ3) is 3.54. The van der Waals surface area contributed by atoms with Crippen LogP contribution in [0, 0.1) is 0 Å². The largest absolute Gasteiger partial charge is 0.358 e. The Kier molecular flexibility index (Phi) is 5.97. The van der Waals surface area contributed by atoms with Crippen LogP contribution >= 0.6 is 15.9 Å². The molecule has 0 radical (unpaired) electrons. The van der Waals surface area contributed by atoms with Crippen molar-refractivity contribution in [3.05, 3.63) is 64.4 Å². The van der Waals surface area contributed by atoms with Crippen molar-refractivity contribution >= 4 is 35.2 Å². The molecular weight excluding hydrogens is 412 g/mol. The van der Waals surface area contributed by atoms with Gasteiger partial charge in [0.05, 0.1) is 0 Å². The monoisotopic (exact) mass is 442 g/mol. The topological polar surface area (TPSA) is 17.8 Å². The Balaban J connectivity index is 2.21. The lowest BCUT2D eigenvalue weighted by Crippen LogP contribution is -2.51. The van der Waals surface area contributed by atoms with Gasteiger partial charge in [-0.3, -0.25) is 0 Å². The minimum atomic E-state index is -1.83. The highest BCUT2D eigenvalue weighted by Crippen LogP contribution is 2.44. The molecule has 0 amide bonds. The summed E-state index contributed by atoms with van der Waals surface area (Å²) in [6, 6.07) is 13.0. The van der Waals surface area contributed by atoms with E-state index >= 15 is 0 Å². The molecule has 0 fully saturated rings. The lowest BCUT2D eigenvalue weighted by molar-refractivity contribution is 0.769. The van der Waals surface area contributed by atoms with Crippen molar-refractivity contribution in [3.8, 4) is 0 Å². The number of nitrogens with zero attached hydrogens (tertiary/aromatic N) is 2. The molecule has 1 aromatic carbocycles. The van der Waals surface area contributed by atoms with Crippen molar-refractivity contribution in [1.82, 2.24) is 9.22 Å². The first-order valence-electron chi connectivity index (χ1n) is 9.98. The molecule has 0 spiro atoms. The molecule has 144 valence electrons. The summed E-state index contributed by atoms with van der Waals surface area (Å²) in [6.45, 7) is 14.5. The van der Waals surface area contributed by atoms with E-state index in [0.717, 1.165) is 10.9 Å². The highest BCUT2D eigenvalue weighted by atomic mass is 79.9. The molecule has 0 saturated heterocycles. The Hall–Kier alpha value is -1.39. The molecule has 4 heteroatoms. The van der Waals surface area contributed by atoms with E-state index in [1.807, 2.05) is 6.20 Å². The van der Waals surface area contributed by atoms with Gasteiger partial charge in [0.15, 0.2) is 8.24 Å². The fourth-order valence-electron chi connectivity index (χ4n) is 5.22. The van der Waals surface area contributed by atoms with Gasteiger partial charge in [0.1, 0.15) is 5.65 Å². The van der Waals surface area contributed by atoms with E-state index in [-0.39, 0.29) is 0 Å². The molecule has 0 N–H and O–H groups in total. The van der Waals surface area contributed by atoms with Gasteiger partial charge in [0, 0.05) is 22.3 Å². The van der Waals surface area contributed by atoms with Crippen LogP contribution in [-0.4, -0.2) is 17.5 Å². The van der Waals surface area contributed by atoms with Crippen molar-refractivity contribution < 1.29 is 0 Å². The second kappa shape index (κ2) is 7.92. The Bertz CT molecular complexity index is 888. The van der Waals surface area contributed by atoms with Crippen LogP contribution in [0.25, 0.3) is 11.0 Å². The smallest absolute Gasteiger partial charge is 0.171 e. The third-order valence-electron chi connectivity index (χ3n) is 6.15. The zero-order valence-electron chi connectivity index (χ0n) is 17.3. The SMILES string of the molecule is CC(C)[Si](C(C)C)(C(C)C)n1cc(Cc2ccc(Br)cc2)c2cccnc21. The second-order valence-corrected chi connectivity index (χ2v) is 15.2. The van der Waals surface area contributed by atoms with Gasteiger partial charge >= 0.3 is 0 Å². The number of benzene rings is 1. The number of hydrogen-bond acceptors (Lipinski definition) is 1. The molecule has 0 aliphatic carbocycles. The van der Waals surface area contributed by atoms with E-state index in [4.69, 9.17) is 4.98 Å². The van der Waals surface area contributed by atoms with Gasteiger partial charge in [0.25, 0.3) is 0 Å². The summed E-state index contributed by atoms with van der Waals surface area (Å²) in [5.41, 5.74) is 5.85. The average molecular weight is 444 g/mol. The number of fused-ring (bicyclic) bond motifs is 1.